The Bertz CT molecular complexity index is 1020. The summed E-state index contributed by atoms with van der Waals surface area (Å²) in [4.78, 5) is 11.9. The molecule has 1 heterocycles. The highest BCUT2D eigenvalue weighted by Gasteiger charge is 2.15. The average molecular weight is 417 g/mol. The Labute approximate surface area is 170 Å². The number of hydrogen-bond acceptors (Lipinski definition) is 8. The van der Waals surface area contributed by atoms with Crippen molar-refractivity contribution in [1.29, 1.82) is 5.41 Å². The molecule has 10 heteroatoms. The van der Waals surface area contributed by atoms with Crippen LogP contribution in [-0.2, 0) is 10.5 Å². The molecule has 1 amide bonds. The van der Waals surface area contributed by atoms with Crippen LogP contribution in [0.4, 0.5) is 5.69 Å². The lowest BCUT2D eigenvalue weighted by Crippen LogP contribution is -2.29. The third kappa shape index (κ3) is 4.85. The van der Waals surface area contributed by atoms with Crippen LogP contribution in [0.1, 0.15) is 19.4 Å². The molecule has 0 aliphatic heterocycles. The number of benzene rings is 1. The number of carbonyl (C=O) groups excluding carboxylic acids is 1. The highest BCUT2D eigenvalue weighted by atomic mass is 32.2. The van der Waals surface area contributed by atoms with E-state index in [0.29, 0.717) is 22.2 Å². The van der Waals surface area contributed by atoms with Gasteiger partial charge in [0.05, 0.1) is 33.8 Å². The summed E-state index contributed by atoms with van der Waals surface area (Å²) in [6, 6.07) is 3.96. The summed E-state index contributed by atoms with van der Waals surface area (Å²) < 4.78 is 13.0. The van der Waals surface area contributed by atoms with E-state index in [0.717, 1.165) is 34.0 Å². The van der Waals surface area contributed by atoms with Crippen LogP contribution >= 0.6 is 35.9 Å². The molecular weight excluding hydrogens is 400 g/mol. The van der Waals surface area contributed by atoms with Crippen molar-refractivity contribution >= 4 is 74.9 Å². The number of hydrogen-bond donors (Lipinski definition) is 3. The van der Waals surface area contributed by atoms with Gasteiger partial charge in [0.15, 0.2) is 0 Å². The van der Waals surface area contributed by atoms with Crippen molar-refractivity contribution in [3.63, 3.8) is 0 Å². The van der Waals surface area contributed by atoms with Crippen LogP contribution < -0.4 is 10.6 Å². The molecule has 0 fully saturated rings. The van der Waals surface area contributed by atoms with Gasteiger partial charge in [-0.3, -0.25) is 10.2 Å². The van der Waals surface area contributed by atoms with Crippen LogP contribution in [-0.4, -0.2) is 31.1 Å². The molecule has 3 rings (SSSR count). The summed E-state index contributed by atoms with van der Waals surface area (Å²) >= 11 is 7.62. The average Bonchev–Trinajstić information content (AvgIpc) is 3.06. The Morgan fingerprint density at radius 1 is 1.33 bits per heavy atom. The molecule has 1 aromatic carbocycles. The van der Waals surface area contributed by atoms with E-state index in [2.05, 4.69) is 23.8 Å². The van der Waals surface area contributed by atoms with Gasteiger partial charge in [0, 0.05) is 12.7 Å². The standard InChI is InChI=1S/C17H16N6OS3/c1-9(24)19-12-4-3-5-13(16(12)18)21-26-8-11-6-14(20-10(2)25)17-15(7-11)22-27-23-17/h3-7,18H,8H2,1-2H3,(H,19,24)(H,20,25). The second kappa shape index (κ2) is 8.51. The smallest absolute Gasteiger partial charge is 0.221 e. The maximum Gasteiger partial charge on any atom is 0.221 e. The highest BCUT2D eigenvalue weighted by molar-refractivity contribution is 7.97. The van der Waals surface area contributed by atoms with Crippen molar-refractivity contribution in [2.24, 2.45) is 4.40 Å². The lowest BCUT2D eigenvalue weighted by molar-refractivity contribution is -0.118. The number of carbonyl (C=O) groups is 1. The zero-order valence-electron chi connectivity index (χ0n) is 14.6. The molecule has 0 bridgehead atoms. The molecule has 7 nitrogen and oxygen atoms in total. The van der Waals surface area contributed by atoms with Crippen LogP contribution in [0.25, 0.3) is 11.0 Å². The second-order valence-corrected chi connectivity index (χ2v) is 7.57. The predicted molar refractivity (Wildman–Crippen MR) is 117 cm³/mol. The number of rotatable bonds is 5. The van der Waals surface area contributed by atoms with Crippen molar-refractivity contribution in [3.8, 4) is 0 Å². The SMILES string of the molecule is CC(=O)NC1=CC=CC(=NSCc2cc(NC(C)=S)c3nsnc3c2)C1=N. The first-order valence-corrected chi connectivity index (χ1v) is 10.00. The Kier molecular flexibility index (Phi) is 6.09. The molecule has 138 valence electrons. The number of fused-ring (bicyclic) bond motifs is 1. The largest absolute Gasteiger partial charge is 0.348 e. The molecule has 0 saturated carbocycles. The third-order valence-corrected chi connectivity index (χ3v) is 4.91. The quantitative estimate of drug-likeness (QED) is 0.391. The van der Waals surface area contributed by atoms with Gasteiger partial charge in [-0.25, -0.2) is 4.40 Å². The van der Waals surface area contributed by atoms with Gasteiger partial charge in [0.2, 0.25) is 5.91 Å². The molecule has 0 unspecified atom stereocenters. The van der Waals surface area contributed by atoms with Gasteiger partial charge < -0.3 is 10.6 Å². The predicted octanol–water partition coefficient (Wildman–Crippen LogP) is 3.65. The Balaban J connectivity index is 1.73. The van der Waals surface area contributed by atoms with E-state index in [4.69, 9.17) is 17.6 Å². The van der Waals surface area contributed by atoms with Crippen LogP contribution in [0.3, 0.4) is 0 Å². The summed E-state index contributed by atoms with van der Waals surface area (Å²) in [5, 5.41) is 13.9. The molecule has 2 aromatic rings. The number of anilines is 1. The minimum Gasteiger partial charge on any atom is -0.348 e. The molecular formula is C17H16N6OS3. The maximum atomic E-state index is 11.2. The van der Waals surface area contributed by atoms with Gasteiger partial charge in [0.25, 0.3) is 0 Å². The summed E-state index contributed by atoms with van der Waals surface area (Å²) in [6.07, 6.45) is 5.19. The molecule has 1 aromatic heterocycles. The van der Waals surface area contributed by atoms with Crippen LogP contribution in [0.5, 0.6) is 0 Å². The van der Waals surface area contributed by atoms with E-state index in [-0.39, 0.29) is 11.6 Å². The van der Waals surface area contributed by atoms with Gasteiger partial charge in [-0.05, 0) is 48.7 Å². The molecule has 1 aliphatic rings. The molecule has 3 N–H and O–H groups in total. The van der Waals surface area contributed by atoms with E-state index >= 15 is 0 Å². The van der Waals surface area contributed by atoms with Crippen LogP contribution in [0, 0.1) is 5.41 Å². The molecule has 27 heavy (non-hydrogen) atoms. The number of thiocarbonyl (C=S) groups is 1. The first-order chi connectivity index (χ1) is 12.9. The van der Waals surface area contributed by atoms with E-state index < -0.39 is 0 Å². The van der Waals surface area contributed by atoms with E-state index in [1.807, 2.05) is 19.1 Å². The number of aromatic nitrogens is 2. The Morgan fingerprint density at radius 3 is 2.89 bits per heavy atom. The lowest BCUT2D eigenvalue weighted by Gasteiger charge is -2.12. The highest BCUT2D eigenvalue weighted by Crippen LogP contribution is 2.27. The zero-order chi connectivity index (χ0) is 19.4. The van der Waals surface area contributed by atoms with Gasteiger partial charge >= 0.3 is 0 Å². The van der Waals surface area contributed by atoms with Gasteiger partial charge in [0.1, 0.15) is 16.7 Å². The minimum absolute atomic E-state index is 0.193. The molecule has 0 atom stereocenters. The van der Waals surface area contributed by atoms with Crippen molar-refractivity contribution in [2.75, 3.05) is 5.32 Å². The fourth-order valence-electron chi connectivity index (χ4n) is 2.40. The zero-order valence-corrected chi connectivity index (χ0v) is 17.0. The Morgan fingerprint density at radius 2 is 2.15 bits per heavy atom. The minimum atomic E-state index is -0.215. The van der Waals surface area contributed by atoms with Crippen LogP contribution in [0.2, 0.25) is 0 Å². The number of nitrogens with one attached hydrogen (secondary N) is 3. The topological polar surface area (TPSA) is 103 Å². The Hall–Kier alpha value is -2.43. The summed E-state index contributed by atoms with van der Waals surface area (Å²) in [6.45, 7) is 3.23. The van der Waals surface area contributed by atoms with Crippen LogP contribution in [0.15, 0.2) is 40.5 Å². The molecule has 1 aliphatic carbocycles. The fraction of sp³-hybridized carbons (Fsp3) is 0.176. The van der Waals surface area contributed by atoms with Crippen molar-refractivity contribution in [1.82, 2.24) is 14.1 Å². The lowest BCUT2D eigenvalue weighted by atomic mass is 10.1. The van der Waals surface area contributed by atoms with E-state index in [1.54, 1.807) is 18.2 Å². The number of allylic oxidation sites excluding steroid dienone is 4. The number of amides is 1. The second-order valence-electron chi connectivity index (χ2n) is 5.70. The normalized spacial score (nSPS) is 15.1. The third-order valence-electron chi connectivity index (χ3n) is 3.48. The first-order valence-electron chi connectivity index (χ1n) is 7.92. The summed E-state index contributed by atoms with van der Waals surface area (Å²) in [7, 11) is 0. The van der Waals surface area contributed by atoms with Gasteiger partial charge in [-0.2, -0.15) is 8.75 Å². The van der Waals surface area contributed by atoms with E-state index in [9.17, 15) is 4.79 Å². The molecule has 0 radical (unpaired) electrons. The van der Waals surface area contributed by atoms with Crippen molar-refractivity contribution < 1.29 is 4.79 Å². The molecule has 0 saturated heterocycles. The fourth-order valence-corrected chi connectivity index (χ4v) is 3.73. The monoisotopic (exact) mass is 416 g/mol. The number of nitrogens with zero attached hydrogens (tertiary/aromatic N) is 3. The van der Waals surface area contributed by atoms with Gasteiger partial charge in [-0.15, -0.1) is 0 Å². The maximum absolute atomic E-state index is 11.2. The molecule has 0 spiro atoms. The summed E-state index contributed by atoms with van der Waals surface area (Å²) in [5.41, 5.74) is 4.61. The van der Waals surface area contributed by atoms with Crippen molar-refractivity contribution in [2.45, 2.75) is 19.6 Å². The van der Waals surface area contributed by atoms with Gasteiger partial charge in [-0.1, -0.05) is 18.3 Å². The van der Waals surface area contributed by atoms with E-state index in [1.165, 1.54) is 18.9 Å². The summed E-state index contributed by atoms with van der Waals surface area (Å²) in [5.74, 6) is 0.384. The first kappa shape index (κ1) is 19.3. The van der Waals surface area contributed by atoms with Crippen molar-refractivity contribution in [3.05, 3.63) is 41.6 Å².